The summed E-state index contributed by atoms with van der Waals surface area (Å²) in [6, 6.07) is 0. The van der Waals surface area contributed by atoms with Gasteiger partial charge in [0.2, 0.25) is 0 Å². The Bertz CT molecular complexity index is 432. The summed E-state index contributed by atoms with van der Waals surface area (Å²) >= 11 is 1.76. The van der Waals surface area contributed by atoms with E-state index in [1.807, 2.05) is 6.20 Å². The van der Waals surface area contributed by atoms with E-state index in [0.717, 1.165) is 51.5 Å². The van der Waals surface area contributed by atoms with Gasteiger partial charge < -0.3 is 15.4 Å². The first kappa shape index (κ1) is 18.6. The Morgan fingerprint density at radius 2 is 2.38 bits per heavy atom. The van der Waals surface area contributed by atoms with E-state index < -0.39 is 0 Å². The second-order valence-electron chi connectivity index (χ2n) is 4.90. The monoisotopic (exact) mass is 424 g/mol. The molecule has 0 amide bonds. The summed E-state index contributed by atoms with van der Waals surface area (Å²) in [5, 5.41) is 7.79. The molecule has 1 aromatic heterocycles. The number of aryl methyl sites for hydroxylation is 1. The Morgan fingerprint density at radius 3 is 3.00 bits per heavy atom. The molecule has 0 radical (unpaired) electrons. The molecule has 0 aromatic carbocycles. The van der Waals surface area contributed by atoms with Crippen LogP contribution < -0.4 is 10.6 Å². The van der Waals surface area contributed by atoms with Crippen LogP contribution in [-0.4, -0.2) is 43.3 Å². The number of nitrogens with one attached hydrogen (secondary N) is 2. The smallest absolute Gasteiger partial charge is 0.191 e. The first-order valence-corrected chi connectivity index (χ1v) is 8.14. The van der Waals surface area contributed by atoms with Crippen molar-refractivity contribution in [1.82, 2.24) is 15.6 Å². The van der Waals surface area contributed by atoms with Crippen LogP contribution in [0.3, 0.4) is 0 Å². The Kier molecular flexibility index (Phi) is 9.18. The van der Waals surface area contributed by atoms with Crippen molar-refractivity contribution in [2.24, 2.45) is 4.99 Å². The summed E-state index contributed by atoms with van der Waals surface area (Å²) in [7, 11) is 0. The number of ether oxygens (including phenoxy) is 1. The van der Waals surface area contributed by atoms with Crippen LogP contribution in [0.2, 0.25) is 0 Å². The summed E-state index contributed by atoms with van der Waals surface area (Å²) in [6.45, 7) is 7.51. The predicted octanol–water partition coefficient (Wildman–Crippen LogP) is 2.35. The number of hydrogen-bond acceptors (Lipinski definition) is 4. The van der Waals surface area contributed by atoms with E-state index in [0.29, 0.717) is 6.10 Å². The summed E-state index contributed by atoms with van der Waals surface area (Å²) in [6.07, 6.45) is 5.45. The summed E-state index contributed by atoms with van der Waals surface area (Å²) < 4.78 is 5.59. The van der Waals surface area contributed by atoms with Crippen molar-refractivity contribution in [3.63, 3.8) is 0 Å². The highest BCUT2D eigenvalue weighted by molar-refractivity contribution is 14.0. The number of aromatic nitrogens is 1. The molecule has 2 N–H and O–H groups in total. The lowest BCUT2D eigenvalue weighted by molar-refractivity contribution is 0.117. The fourth-order valence-electron chi connectivity index (χ4n) is 2.13. The molecule has 1 unspecified atom stereocenters. The van der Waals surface area contributed by atoms with Gasteiger partial charge in [0.05, 0.1) is 17.7 Å². The topological polar surface area (TPSA) is 58.5 Å². The highest BCUT2D eigenvalue weighted by Gasteiger charge is 2.14. The lowest BCUT2D eigenvalue weighted by Gasteiger charge is -2.12. The van der Waals surface area contributed by atoms with Gasteiger partial charge in [-0.2, -0.15) is 0 Å². The number of thiazole rings is 1. The molecule has 120 valence electrons. The molecule has 2 rings (SSSR count). The average molecular weight is 424 g/mol. The molecule has 7 heteroatoms. The van der Waals surface area contributed by atoms with E-state index in [4.69, 9.17) is 4.74 Å². The Labute approximate surface area is 148 Å². The van der Waals surface area contributed by atoms with Gasteiger partial charge in [0.1, 0.15) is 0 Å². The van der Waals surface area contributed by atoms with Crippen LogP contribution in [0, 0.1) is 6.92 Å². The van der Waals surface area contributed by atoms with Crippen molar-refractivity contribution >= 4 is 41.3 Å². The second-order valence-corrected chi connectivity index (χ2v) is 6.22. The highest BCUT2D eigenvalue weighted by Crippen LogP contribution is 2.12. The maximum absolute atomic E-state index is 5.59. The van der Waals surface area contributed by atoms with Crippen molar-refractivity contribution in [3.8, 4) is 0 Å². The third kappa shape index (κ3) is 6.92. The van der Waals surface area contributed by atoms with Gasteiger partial charge in [0.15, 0.2) is 5.96 Å². The maximum atomic E-state index is 5.59. The molecule has 0 bridgehead atoms. The molecular formula is C14H25IN4OS. The van der Waals surface area contributed by atoms with E-state index in [9.17, 15) is 0 Å². The van der Waals surface area contributed by atoms with Crippen LogP contribution in [0.4, 0.5) is 0 Å². The van der Waals surface area contributed by atoms with Crippen molar-refractivity contribution in [2.45, 2.75) is 39.2 Å². The number of rotatable bonds is 6. The molecule has 0 aliphatic carbocycles. The molecule has 1 aliphatic heterocycles. The van der Waals surface area contributed by atoms with Crippen molar-refractivity contribution in [3.05, 3.63) is 16.1 Å². The SMILES string of the molecule is CCNC(=NCC1CCCO1)NCCc1ncc(C)s1.I. The van der Waals surface area contributed by atoms with Crippen LogP contribution in [0.1, 0.15) is 29.7 Å². The fraction of sp³-hybridized carbons (Fsp3) is 0.714. The summed E-state index contributed by atoms with van der Waals surface area (Å²) in [5.74, 6) is 0.872. The van der Waals surface area contributed by atoms with Gasteiger partial charge >= 0.3 is 0 Å². The molecule has 2 heterocycles. The molecule has 1 aliphatic rings. The highest BCUT2D eigenvalue weighted by atomic mass is 127. The van der Waals surface area contributed by atoms with Crippen LogP contribution >= 0.6 is 35.3 Å². The lowest BCUT2D eigenvalue weighted by Crippen LogP contribution is -2.38. The number of hydrogen-bond donors (Lipinski definition) is 2. The van der Waals surface area contributed by atoms with Crippen LogP contribution in [0.15, 0.2) is 11.2 Å². The zero-order chi connectivity index (χ0) is 14.2. The van der Waals surface area contributed by atoms with E-state index in [2.05, 4.69) is 34.5 Å². The molecule has 1 aromatic rings. The third-order valence-electron chi connectivity index (χ3n) is 3.12. The van der Waals surface area contributed by atoms with Crippen molar-refractivity contribution < 1.29 is 4.74 Å². The first-order valence-electron chi connectivity index (χ1n) is 7.33. The minimum absolute atomic E-state index is 0. The van der Waals surface area contributed by atoms with E-state index in [1.165, 1.54) is 9.88 Å². The van der Waals surface area contributed by atoms with Crippen LogP contribution in [-0.2, 0) is 11.2 Å². The largest absolute Gasteiger partial charge is 0.376 e. The van der Waals surface area contributed by atoms with Crippen molar-refractivity contribution in [1.29, 1.82) is 0 Å². The average Bonchev–Trinajstić information content (AvgIpc) is 3.08. The number of nitrogens with zero attached hydrogens (tertiary/aromatic N) is 2. The van der Waals surface area contributed by atoms with Crippen molar-refractivity contribution in [2.75, 3.05) is 26.2 Å². The molecule has 5 nitrogen and oxygen atoms in total. The van der Waals surface area contributed by atoms with Gasteiger partial charge in [-0.3, -0.25) is 4.99 Å². The molecular weight excluding hydrogens is 399 g/mol. The maximum Gasteiger partial charge on any atom is 0.191 e. The number of halogens is 1. The number of aliphatic imine (C=N–C) groups is 1. The van der Waals surface area contributed by atoms with Gasteiger partial charge in [-0.25, -0.2) is 4.98 Å². The normalized spacial score (nSPS) is 18.4. The first-order chi connectivity index (χ1) is 9.78. The van der Waals surface area contributed by atoms with Gasteiger partial charge in [-0.05, 0) is 26.7 Å². The minimum atomic E-state index is 0. The number of guanidine groups is 1. The fourth-order valence-corrected chi connectivity index (χ4v) is 2.91. The minimum Gasteiger partial charge on any atom is -0.376 e. The molecule has 0 saturated carbocycles. The van der Waals surface area contributed by atoms with Gasteiger partial charge in [0, 0.05) is 37.2 Å². The van der Waals surface area contributed by atoms with Crippen LogP contribution in [0.25, 0.3) is 0 Å². The lowest BCUT2D eigenvalue weighted by atomic mass is 10.2. The quantitative estimate of drug-likeness (QED) is 0.418. The molecule has 1 fully saturated rings. The van der Waals surface area contributed by atoms with Gasteiger partial charge in [-0.15, -0.1) is 35.3 Å². The second kappa shape index (κ2) is 10.3. The van der Waals surface area contributed by atoms with E-state index in [1.54, 1.807) is 11.3 Å². The third-order valence-corrected chi connectivity index (χ3v) is 4.09. The van der Waals surface area contributed by atoms with Crippen LogP contribution in [0.5, 0.6) is 0 Å². The van der Waals surface area contributed by atoms with E-state index in [-0.39, 0.29) is 24.0 Å². The Balaban J connectivity index is 0.00000220. The van der Waals surface area contributed by atoms with Gasteiger partial charge in [0.25, 0.3) is 0 Å². The van der Waals surface area contributed by atoms with Gasteiger partial charge in [-0.1, -0.05) is 0 Å². The summed E-state index contributed by atoms with van der Waals surface area (Å²) in [4.78, 5) is 10.2. The Morgan fingerprint density at radius 1 is 1.52 bits per heavy atom. The molecule has 0 spiro atoms. The standard InChI is InChI=1S/C14H24N4OS.HI/c1-3-15-14(18-10-12-5-4-8-19-12)16-7-6-13-17-9-11(2)20-13;/h9,12H,3-8,10H2,1-2H3,(H2,15,16,18);1H. The summed E-state index contributed by atoms with van der Waals surface area (Å²) in [5.41, 5.74) is 0. The molecule has 1 atom stereocenters. The van der Waals surface area contributed by atoms with E-state index >= 15 is 0 Å². The molecule has 21 heavy (non-hydrogen) atoms. The Hall–Kier alpha value is -0.410. The zero-order valence-corrected chi connectivity index (χ0v) is 15.9. The predicted molar refractivity (Wildman–Crippen MR) is 98.9 cm³/mol. The molecule has 1 saturated heterocycles. The zero-order valence-electron chi connectivity index (χ0n) is 12.7.